The number of nitrogens with zero attached hydrogens (tertiary/aromatic N) is 1. The lowest BCUT2D eigenvalue weighted by Gasteiger charge is -2.32. The van der Waals surface area contributed by atoms with Crippen LogP contribution in [0.25, 0.3) is 0 Å². The molecule has 1 heterocycles. The fraction of sp³-hybridized carbons (Fsp3) is 0.941. The fourth-order valence-electron chi connectivity index (χ4n) is 3.50. The second-order valence-electron chi connectivity index (χ2n) is 7.48. The van der Waals surface area contributed by atoms with Crippen molar-refractivity contribution in [2.75, 3.05) is 26.2 Å². The second-order valence-corrected chi connectivity index (χ2v) is 7.48. The number of halogens is 2. The molecule has 1 amide bonds. The molecule has 0 bridgehead atoms. The Morgan fingerprint density at radius 1 is 1.17 bits per heavy atom. The highest BCUT2D eigenvalue weighted by Crippen LogP contribution is 2.24. The number of hydrogen-bond donors (Lipinski definition) is 2. The van der Waals surface area contributed by atoms with Gasteiger partial charge >= 0.3 is 0 Å². The smallest absolute Gasteiger partial charge is 0.223 e. The molecule has 1 aliphatic heterocycles. The van der Waals surface area contributed by atoms with Crippen molar-refractivity contribution < 1.29 is 4.79 Å². The number of likely N-dealkylation sites (tertiary alicyclic amines) is 1. The summed E-state index contributed by atoms with van der Waals surface area (Å²) in [6, 6.07) is 0.241. The highest BCUT2D eigenvalue weighted by atomic mass is 35.5. The number of piperidine rings is 1. The standard InChI is InChI=1S/C17H33N3O.2ClH/c1-13(2)5-8-20-9-6-14(7-10-20)12-19-17(21)15-3-4-16(18)11-15;;/h13-16H,3-12,18H2,1-2H3,(H,19,21);2*1H. The number of nitrogens with one attached hydrogen (secondary N) is 1. The molecule has 3 N–H and O–H groups in total. The maximum absolute atomic E-state index is 12.1. The van der Waals surface area contributed by atoms with Crippen molar-refractivity contribution in [2.24, 2.45) is 23.5 Å². The molecule has 2 unspecified atom stereocenters. The van der Waals surface area contributed by atoms with E-state index in [1.165, 1.54) is 38.9 Å². The molecule has 4 nitrogen and oxygen atoms in total. The number of amides is 1. The average molecular weight is 368 g/mol. The van der Waals surface area contributed by atoms with Gasteiger partial charge in [0.1, 0.15) is 0 Å². The molecule has 0 radical (unpaired) electrons. The lowest BCUT2D eigenvalue weighted by Crippen LogP contribution is -2.40. The lowest BCUT2D eigenvalue weighted by atomic mass is 9.96. The Labute approximate surface area is 154 Å². The molecule has 23 heavy (non-hydrogen) atoms. The predicted octanol–water partition coefficient (Wildman–Crippen LogP) is 2.83. The van der Waals surface area contributed by atoms with Crippen LogP contribution in [0.2, 0.25) is 0 Å². The Balaban J connectivity index is 0.00000242. The summed E-state index contributed by atoms with van der Waals surface area (Å²) in [5, 5.41) is 3.17. The van der Waals surface area contributed by atoms with Crippen molar-refractivity contribution in [3.05, 3.63) is 0 Å². The number of carbonyl (C=O) groups excluding carboxylic acids is 1. The van der Waals surface area contributed by atoms with Gasteiger partial charge in [0.05, 0.1) is 0 Å². The largest absolute Gasteiger partial charge is 0.356 e. The molecule has 0 aromatic carbocycles. The minimum absolute atomic E-state index is 0. The summed E-state index contributed by atoms with van der Waals surface area (Å²) in [7, 11) is 0. The number of carbonyl (C=O) groups is 1. The quantitative estimate of drug-likeness (QED) is 0.758. The van der Waals surface area contributed by atoms with Crippen LogP contribution in [-0.4, -0.2) is 43.0 Å². The zero-order chi connectivity index (χ0) is 15.2. The molecule has 6 heteroatoms. The maximum Gasteiger partial charge on any atom is 0.223 e. The molecule has 1 saturated heterocycles. The summed E-state index contributed by atoms with van der Waals surface area (Å²) in [6.45, 7) is 9.07. The van der Waals surface area contributed by atoms with Crippen molar-refractivity contribution in [3.63, 3.8) is 0 Å². The summed E-state index contributed by atoms with van der Waals surface area (Å²) in [5.74, 6) is 1.87. The summed E-state index contributed by atoms with van der Waals surface area (Å²) >= 11 is 0. The van der Waals surface area contributed by atoms with Crippen molar-refractivity contribution in [1.82, 2.24) is 10.2 Å². The molecular weight excluding hydrogens is 333 g/mol. The molecule has 2 fully saturated rings. The van der Waals surface area contributed by atoms with Crippen LogP contribution in [0.1, 0.15) is 52.4 Å². The van der Waals surface area contributed by atoms with E-state index in [1.807, 2.05) is 0 Å². The van der Waals surface area contributed by atoms with E-state index in [1.54, 1.807) is 0 Å². The average Bonchev–Trinajstić information content (AvgIpc) is 2.90. The first-order chi connectivity index (χ1) is 10.0. The maximum atomic E-state index is 12.1. The van der Waals surface area contributed by atoms with Crippen molar-refractivity contribution in [2.45, 2.75) is 58.4 Å². The van der Waals surface area contributed by atoms with Crippen LogP contribution in [0.15, 0.2) is 0 Å². The highest BCUT2D eigenvalue weighted by molar-refractivity contribution is 5.85. The van der Waals surface area contributed by atoms with Gasteiger partial charge in [-0.25, -0.2) is 0 Å². The first-order valence-electron chi connectivity index (χ1n) is 8.80. The van der Waals surface area contributed by atoms with Gasteiger partial charge in [-0.2, -0.15) is 0 Å². The molecule has 0 aromatic heterocycles. The van der Waals surface area contributed by atoms with E-state index < -0.39 is 0 Å². The third-order valence-corrected chi connectivity index (χ3v) is 5.14. The molecule has 0 spiro atoms. The zero-order valence-corrected chi connectivity index (χ0v) is 16.3. The zero-order valence-electron chi connectivity index (χ0n) is 14.6. The van der Waals surface area contributed by atoms with Crippen LogP contribution in [0.3, 0.4) is 0 Å². The van der Waals surface area contributed by atoms with Gasteiger partial charge in [-0.3, -0.25) is 4.79 Å². The van der Waals surface area contributed by atoms with E-state index in [4.69, 9.17) is 5.73 Å². The Bertz CT molecular complexity index is 334. The molecule has 2 aliphatic rings. The Hall–Kier alpha value is -0.0300. The first kappa shape index (κ1) is 23.0. The minimum atomic E-state index is 0. The van der Waals surface area contributed by atoms with Crippen LogP contribution < -0.4 is 11.1 Å². The van der Waals surface area contributed by atoms with Gasteiger partial charge in [-0.05, 0) is 70.0 Å². The normalized spacial score (nSPS) is 25.7. The van der Waals surface area contributed by atoms with E-state index in [9.17, 15) is 4.79 Å². The molecule has 0 aromatic rings. The van der Waals surface area contributed by atoms with Crippen LogP contribution in [-0.2, 0) is 4.79 Å². The molecule has 1 saturated carbocycles. The van der Waals surface area contributed by atoms with Crippen molar-refractivity contribution in [1.29, 1.82) is 0 Å². The SMILES string of the molecule is CC(C)CCN1CCC(CNC(=O)C2CCC(N)C2)CC1.Cl.Cl. The third-order valence-electron chi connectivity index (χ3n) is 5.14. The minimum Gasteiger partial charge on any atom is -0.356 e. The summed E-state index contributed by atoms with van der Waals surface area (Å²) in [5.41, 5.74) is 5.88. The number of hydrogen-bond acceptors (Lipinski definition) is 3. The molecule has 138 valence electrons. The summed E-state index contributed by atoms with van der Waals surface area (Å²) in [6.07, 6.45) is 6.60. The van der Waals surface area contributed by atoms with E-state index >= 15 is 0 Å². The van der Waals surface area contributed by atoms with Gasteiger partial charge in [0.25, 0.3) is 0 Å². The van der Waals surface area contributed by atoms with Crippen LogP contribution in [0.4, 0.5) is 0 Å². The van der Waals surface area contributed by atoms with Crippen molar-refractivity contribution in [3.8, 4) is 0 Å². The molecular formula is C17H35Cl2N3O. The van der Waals surface area contributed by atoms with Crippen LogP contribution in [0, 0.1) is 17.8 Å². The van der Waals surface area contributed by atoms with Gasteiger partial charge < -0.3 is 16.0 Å². The van der Waals surface area contributed by atoms with Crippen molar-refractivity contribution >= 4 is 30.7 Å². The molecule has 2 rings (SSSR count). The summed E-state index contributed by atoms with van der Waals surface area (Å²) < 4.78 is 0. The lowest BCUT2D eigenvalue weighted by molar-refractivity contribution is -0.125. The van der Waals surface area contributed by atoms with Crippen LogP contribution >= 0.6 is 24.8 Å². The molecule has 2 atom stereocenters. The first-order valence-corrected chi connectivity index (χ1v) is 8.80. The van der Waals surface area contributed by atoms with Gasteiger partial charge in [0.15, 0.2) is 0 Å². The Kier molecular flexibility index (Phi) is 11.5. The van der Waals surface area contributed by atoms with E-state index in [0.29, 0.717) is 5.92 Å². The van der Waals surface area contributed by atoms with Gasteiger partial charge in [-0.1, -0.05) is 13.8 Å². The topological polar surface area (TPSA) is 58.4 Å². The van der Waals surface area contributed by atoms with Crippen LogP contribution in [0.5, 0.6) is 0 Å². The predicted molar refractivity (Wildman–Crippen MR) is 101 cm³/mol. The Morgan fingerprint density at radius 2 is 1.83 bits per heavy atom. The number of nitrogens with two attached hydrogens (primary N) is 1. The molecule has 1 aliphatic carbocycles. The monoisotopic (exact) mass is 367 g/mol. The summed E-state index contributed by atoms with van der Waals surface area (Å²) in [4.78, 5) is 14.7. The van der Waals surface area contributed by atoms with Gasteiger partial charge in [-0.15, -0.1) is 24.8 Å². The van der Waals surface area contributed by atoms with Gasteiger partial charge in [0, 0.05) is 18.5 Å². The Morgan fingerprint density at radius 3 is 2.35 bits per heavy atom. The number of rotatable bonds is 6. The highest BCUT2D eigenvalue weighted by Gasteiger charge is 2.28. The van der Waals surface area contributed by atoms with Gasteiger partial charge in [0.2, 0.25) is 5.91 Å². The van der Waals surface area contributed by atoms with E-state index in [0.717, 1.165) is 31.7 Å². The van der Waals surface area contributed by atoms with E-state index in [-0.39, 0.29) is 42.7 Å². The fourth-order valence-corrected chi connectivity index (χ4v) is 3.50. The second kappa shape index (κ2) is 11.5. The third kappa shape index (κ3) is 8.06. The van der Waals surface area contributed by atoms with E-state index in [2.05, 4.69) is 24.1 Å².